The third kappa shape index (κ3) is 3.70. The zero-order chi connectivity index (χ0) is 12.8. The molecular formula is C15H18N2O. The number of hydrogen-bond donors (Lipinski definition) is 2. The lowest BCUT2D eigenvalue weighted by Crippen LogP contribution is -2.11. The minimum absolute atomic E-state index is 0.608. The number of nitrogen functional groups attached to an aromatic ring is 1. The van der Waals surface area contributed by atoms with Crippen molar-refractivity contribution in [3.8, 4) is 5.75 Å². The summed E-state index contributed by atoms with van der Waals surface area (Å²) in [7, 11) is 0. The van der Waals surface area contributed by atoms with Crippen LogP contribution in [0.25, 0.3) is 0 Å². The van der Waals surface area contributed by atoms with Crippen LogP contribution in [0.5, 0.6) is 5.75 Å². The van der Waals surface area contributed by atoms with Gasteiger partial charge in [0.15, 0.2) is 0 Å². The number of anilines is 2. The predicted octanol–water partition coefficient (Wildman–Crippen LogP) is 3.07. The largest absolute Gasteiger partial charge is 0.492 e. The predicted molar refractivity (Wildman–Crippen MR) is 76.0 cm³/mol. The van der Waals surface area contributed by atoms with Crippen molar-refractivity contribution >= 4 is 11.4 Å². The van der Waals surface area contributed by atoms with Crippen molar-refractivity contribution in [3.63, 3.8) is 0 Å². The first-order valence-corrected chi connectivity index (χ1v) is 6.03. The van der Waals surface area contributed by atoms with E-state index in [0.29, 0.717) is 6.61 Å². The van der Waals surface area contributed by atoms with Gasteiger partial charge in [-0.15, -0.1) is 0 Å². The van der Waals surface area contributed by atoms with Gasteiger partial charge < -0.3 is 15.8 Å². The SMILES string of the molecule is Cc1ccc(NCCOc2cccc(N)c2)cc1. The highest BCUT2D eigenvalue weighted by Crippen LogP contribution is 2.14. The standard InChI is InChI=1S/C15H18N2O/c1-12-5-7-14(8-6-12)17-9-10-18-15-4-2-3-13(16)11-15/h2-8,11,17H,9-10,16H2,1H3. The normalized spacial score (nSPS) is 10.1. The Balaban J connectivity index is 1.74. The molecule has 2 rings (SSSR count). The highest BCUT2D eigenvalue weighted by Gasteiger charge is 1.95. The minimum atomic E-state index is 0.608. The molecule has 0 bridgehead atoms. The maximum Gasteiger partial charge on any atom is 0.121 e. The van der Waals surface area contributed by atoms with Crippen LogP contribution in [-0.4, -0.2) is 13.2 Å². The van der Waals surface area contributed by atoms with E-state index in [1.807, 2.05) is 24.3 Å². The summed E-state index contributed by atoms with van der Waals surface area (Å²) in [5.41, 5.74) is 8.76. The highest BCUT2D eigenvalue weighted by atomic mass is 16.5. The second-order valence-electron chi connectivity index (χ2n) is 4.21. The van der Waals surface area contributed by atoms with E-state index in [9.17, 15) is 0 Å². The van der Waals surface area contributed by atoms with Gasteiger partial charge in [0.25, 0.3) is 0 Å². The van der Waals surface area contributed by atoms with Gasteiger partial charge in [0, 0.05) is 24.0 Å². The molecule has 0 heterocycles. The molecule has 0 aliphatic rings. The van der Waals surface area contributed by atoms with Crippen molar-refractivity contribution in [1.29, 1.82) is 0 Å². The van der Waals surface area contributed by atoms with Crippen molar-refractivity contribution in [1.82, 2.24) is 0 Å². The Morgan fingerprint density at radius 1 is 1.11 bits per heavy atom. The lowest BCUT2D eigenvalue weighted by atomic mass is 10.2. The molecule has 0 saturated heterocycles. The molecule has 0 fully saturated rings. The highest BCUT2D eigenvalue weighted by molar-refractivity contribution is 5.45. The smallest absolute Gasteiger partial charge is 0.121 e. The van der Waals surface area contributed by atoms with Gasteiger partial charge in [0.1, 0.15) is 12.4 Å². The van der Waals surface area contributed by atoms with Gasteiger partial charge in [-0.05, 0) is 31.2 Å². The number of ether oxygens (including phenoxy) is 1. The molecule has 0 radical (unpaired) electrons. The lowest BCUT2D eigenvalue weighted by Gasteiger charge is -2.09. The van der Waals surface area contributed by atoms with Crippen molar-refractivity contribution in [3.05, 3.63) is 54.1 Å². The summed E-state index contributed by atoms with van der Waals surface area (Å²) in [6, 6.07) is 15.8. The summed E-state index contributed by atoms with van der Waals surface area (Å²) in [6.45, 7) is 3.45. The number of aryl methyl sites for hydroxylation is 1. The van der Waals surface area contributed by atoms with Crippen LogP contribution in [0.1, 0.15) is 5.56 Å². The van der Waals surface area contributed by atoms with Crippen LogP contribution in [0.4, 0.5) is 11.4 Å². The Labute approximate surface area is 108 Å². The summed E-state index contributed by atoms with van der Waals surface area (Å²) in [4.78, 5) is 0. The number of hydrogen-bond acceptors (Lipinski definition) is 3. The molecular weight excluding hydrogens is 224 g/mol. The first-order chi connectivity index (χ1) is 8.74. The summed E-state index contributed by atoms with van der Waals surface area (Å²) in [6.07, 6.45) is 0. The van der Waals surface area contributed by atoms with E-state index in [2.05, 4.69) is 36.5 Å². The lowest BCUT2D eigenvalue weighted by molar-refractivity contribution is 0.333. The van der Waals surface area contributed by atoms with Crippen LogP contribution in [0.2, 0.25) is 0 Å². The molecule has 0 aliphatic carbocycles. The molecule has 2 aromatic carbocycles. The monoisotopic (exact) mass is 242 g/mol. The molecule has 0 unspecified atom stereocenters. The fourth-order valence-electron chi connectivity index (χ4n) is 1.64. The second kappa shape index (κ2) is 5.96. The molecule has 3 nitrogen and oxygen atoms in total. The van der Waals surface area contributed by atoms with Crippen molar-refractivity contribution < 1.29 is 4.74 Å². The van der Waals surface area contributed by atoms with E-state index >= 15 is 0 Å². The third-order valence-corrected chi connectivity index (χ3v) is 2.61. The van der Waals surface area contributed by atoms with Crippen LogP contribution in [0, 0.1) is 6.92 Å². The Bertz CT molecular complexity index is 494. The Morgan fingerprint density at radius 2 is 1.89 bits per heavy atom. The number of rotatable bonds is 5. The third-order valence-electron chi connectivity index (χ3n) is 2.61. The number of nitrogens with two attached hydrogens (primary N) is 1. The summed E-state index contributed by atoms with van der Waals surface area (Å²) in [5, 5.41) is 3.30. The quantitative estimate of drug-likeness (QED) is 0.625. The summed E-state index contributed by atoms with van der Waals surface area (Å²) < 4.78 is 5.59. The Kier molecular flexibility index (Phi) is 4.07. The summed E-state index contributed by atoms with van der Waals surface area (Å²) >= 11 is 0. The van der Waals surface area contributed by atoms with E-state index in [1.54, 1.807) is 0 Å². The zero-order valence-corrected chi connectivity index (χ0v) is 10.5. The van der Waals surface area contributed by atoms with Crippen LogP contribution in [0.15, 0.2) is 48.5 Å². The molecule has 94 valence electrons. The molecule has 0 aliphatic heterocycles. The van der Waals surface area contributed by atoms with E-state index in [4.69, 9.17) is 10.5 Å². The molecule has 3 N–H and O–H groups in total. The van der Waals surface area contributed by atoms with Crippen molar-refractivity contribution in [2.75, 3.05) is 24.2 Å². The maximum absolute atomic E-state index is 5.67. The first-order valence-electron chi connectivity index (χ1n) is 6.03. The molecule has 2 aromatic rings. The summed E-state index contributed by atoms with van der Waals surface area (Å²) in [5.74, 6) is 0.806. The van der Waals surface area contributed by atoms with E-state index in [-0.39, 0.29) is 0 Å². The average Bonchev–Trinajstić information content (AvgIpc) is 2.37. The molecule has 0 aromatic heterocycles. The number of nitrogens with one attached hydrogen (secondary N) is 1. The van der Waals surface area contributed by atoms with E-state index < -0.39 is 0 Å². The van der Waals surface area contributed by atoms with E-state index in [1.165, 1.54) is 5.56 Å². The van der Waals surface area contributed by atoms with Gasteiger partial charge in [0.2, 0.25) is 0 Å². The van der Waals surface area contributed by atoms with Crippen LogP contribution >= 0.6 is 0 Å². The molecule has 0 saturated carbocycles. The second-order valence-corrected chi connectivity index (χ2v) is 4.21. The van der Waals surface area contributed by atoms with Crippen LogP contribution in [-0.2, 0) is 0 Å². The number of benzene rings is 2. The van der Waals surface area contributed by atoms with E-state index in [0.717, 1.165) is 23.7 Å². The molecule has 18 heavy (non-hydrogen) atoms. The molecule has 0 amide bonds. The van der Waals surface area contributed by atoms with Gasteiger partial charge >= 0.3 is 0 Å². The van der Waals surface area contributed by atoms with Crippen molar-refractivity contribution in [2.24, 2.45) is 0 Å². The molecule has 0 atom stereocenters. The first kappa shape index (κ1) is 12.3. The van der Waals surface area contributed by atoms with Crippen molar-refractivity contribution in [2.45, 2.75) is 6.92 Å². The Hall–Kier alpha value is -2.16. The van der Waals surface area contributed by atoms with Crippen LogP contribution in [0.3, 0.4) is 0 Å². The fraction of sp³-hybridized carbons (Fsp3) is 0.200. The topological polar surface area (TPSA) is 47.3 Å². The molecule has 3 heteroatoms. The molecule has 0 spiro atoms. The van der Waals surface area contributed by atoms with Gasteiger partial charge in [-0.3, -0.25) is 0 Å². The minimum Gasteiger partial charge on any atom is -0.492 e. The van der Waals surface area contributed by atoms with Crippen LogP contribution < -0.4 is 15.8 Å². The van der Waals surface area contributed by atoms with Gasteiger partial charge in [-0.1, -0.05) is 23.8 Å². The maximum atomic E-state index is 5.67. The average molecular weight is 242 g/mol. The van der Waals surface area contributed by atoms with Gasteiger partial charge in [-0.2, -0.15) is 0 Å². The fourth-order valence-corrected chi connectivity index (χ4v) is 1.64. The Morgan fingerprint density at radius 3 is 2.61 bits per heavy atom. The van der Waals surface area contributed by atoms with Gasteiger partial charge in [0.05, 0.1) is 0 Å². The zero-order valence-electron chi connectivity index (χ0n) is 10.5. The van der Waals surface area contributed by atoms with Gasteiger partial charge in [-0.25, -0.2) is 0 Å².